The minimum absolute atomic E-state index is 0.0969. The molecule has 1 aliphatic carbocycles. The highest BCUT2D eigenvalue weighted by molar-refractivity contribution is 5.45. The first-order valence-corrected chi connectivity index (χ1v) is 6.72. The van der Waals surface area contributed by atoms with E-state index in [1.54, 1.807) is 0 Å². The molecule has 2 unspecified atom stereocenters. The average Bonchev–Trinajstić information content (AvgIpc) is 2.40. The second kappa shape index (κ2) is 5.54. The molecule has 1 aliphatic rings. The molecule has 17 heavy (non-hydrogen) atoms. The minimum atomic E-state index is -0.0969. The van der Waals surface area contributed by atoms with E-state index in [9.17, 15) is 5.11 Å². The van der Waals surface area contributed by atoms with Crippen LogP contribution >= 0.6 is 0 Å². The van der Waals surface area contributed by atoms with Crippen LogP contribution in [0.3, 0.4) is 0 Å². The standard InChI is InChI=1S/C15H23NO/c1-2-13-7-6-10-15(11-13,12-17)16-14-8-4-3-5-9-14/h3-5,8-9,13,16-17H,2,6-7,10-12H2,1H3. The summed E-state index contributed by atoms with van der Waals surface area (Å²) >= 11 is 0. The van der Waals surface area contributed by atoms with E-state index in [4.69, 9.17) is 0 Å². The van der Waals surface area contributed by atoms with Gasteiger partial charge in [0.05, 0.1) is 12.1 Å². The van der Waals surface area contributed by atoms with Gasteiger partial charge in [0.25, 0.3) is 0 Å². The summed E-state index contributed by atoms with van der Waals surface area (Å²) in [4.78, 5) is 0. The van der Waals surface area contributed by atoms with E-state index < -0.39 is 0 Å². The number of hydrogen-bond donors (Lipinski definition) is 2. The van der Waals surface area contributed by atoms with Gasteiger partial charge in [-0.25, -0.2) is 0 Å². The molecule has 0 aliphatic heterocycles. The monoisotopic (exact) mass is 233 g/mol. The Bertz CT molecular complexity index is 338. The summed E-state index contributed by atoms with van der Waals surface area (Å²) in [7, 11) is 0. The van der Waals surface area contributed by atoms with Gasteiger partial charge in [-0.2, -0.15) is 0 Å². The highest BCUT2D eigenvalue weighted by Crippen LogP contribution is 2.36. The van der Waals surface area contributed by atoms with Crippen molar-refractivity contribution in [2.75, 3.05) is 11.9 Å². The predicted molar refractivity (Wildman–Crippen MR) is 72.1 cm³/mol. The van der Waals surface area contributed by atoms with Crippen molar-refractivity contribution < 1.29 is 5.11 Å². The van der Waals surface area contributed by atoms with E-state index >= 15 is 0 Å². The van der Waals surface area contributed by atoms with Crippen LogP contribution in [0.2, 0.25) is 0 Å². The summed E-state index contributed by atoms with van der Waals surface area (Å²) in [6.07, 6.45) is 5.93. The first-order chi connectivity index (χ1) is 8.28. The topological polar surface area (TPSA) is 32.3 Å². The molecule has 0 radical (unpaired) electrons. The summed E-state index contributed by atoms with van der Waals surface area (Å²) in [5.41, 5.74) is 1.03. The summed E-state index contributed by atoms with van der Waals surface area (Å²) in [5, 5.41) is 13.3. The van der Waals surface area contributed by atoms with Crippen molar-refractivity contribution in [3.05, 3.63) is 30.3 Å². The van der Waals surface area contributed by atoms with Gasteiger partial charge >= 0.3 is 0 Å². The maximum absolute atomic E-state index is 9.75. The number of aliphatic hydroxyl groups excluding tert-OH is 1. The van der Waals surface area contributed by atoms with Crippen LogP contribution in [0.5, 0.6) is 0 Å². The highest BCUT2D eigenvalue weighted by atomic mass is 16.3. The second-order valence-corrected chi connectivity index (χ2v) is 5.30. The van der Waals surface area contributed by atoms with Gasteiger partial charge in [-0.1, -0.05) is 44.4 Å². The molecule has 2 nitrogen and oxygen atoms in total. The fraction of sp³-hybridized carbons (Fsp3) is 0.600. The Labute approximate surface area is 104 Å². The Kier molecular flexibility index (Phi) is 4.06. The summed E-state index contributed by atoms with van der Waals surface area (Å²) in [6, 6.07) is 10.2. The van der Waals surface area contributed by atoms with E-state index in [1.165, 1.54) is 19.3 Å². The zero-order valence-corrected chi connectivity index (χ0v) is 10.7. The smallest absolute Gasteiger partial charge is 0.0661 e. The first-order valence-electron chi connectivity index (χ1n) is 6.72. The van der Waals surface area contributed by atoms with Crippen LogP contribution in [-0.2, 0) is 0 Å². The van der Waals surface area contributed by atoms with Crippen molar-refractivity contribution >= 4 is 5.69 Å². The lowest BCUT2D eigenvalue weighted by atomic mass is 9.75. The van der Waals surface area contributed by atoms with Crippen LogP contribution in [0.15, 0.2) is 30.3 Å². The van der Waals surface area contributed by atoms with Crippen molar-refractivity contribution in [3.8, 4) is 0 Å². The molecule has 94 valence electrons. The first kappa shape index (κ1) is 12.4. The Balaban J connectivity index is 2.08. The molecule has 2 atom stereocenters. The fourth-order valence-electron chi connectivity index (χ4n) is 2.96. The van der Waals surface area contributed by atoms with E-state index in [0.29, 0.717) is 0 Å². The molecule has 2 rings (SSSR count). The van der Waals surface area contributed by atoms with Crippen molar-refractivity contribution in [1.82, 2.24) is 0 Å². The fourth-order valence-corrected chi connectivity index (χ4v) is 2.96. The third kappa shape index (κ3) is 3.01. The Morgan fingerprint density at radius 1 is 1.35 bits per heavy atom. The Morgan fingerprint density at radius 2 is 2.12 bits per heavy atom. The molecule has 1 saturated carbocycles. The van der Waals surface area contributed by atoms with Gasteiger partial charge < -0.3 is 10.4 Å². The molecule has 2 N–H and O–H groups in total. The van der Waals surface area contributed by atoms with Crippen molar-refractivity contribution in [1.29, 1.82) is 0 Å². The molecular formula is C15H23NO. The van der Waals surface area contributed by atoms with Gasteiger partial charge in [0.2, 0.25) is 0 Å². The zero-order valence-electron chi connectivity index (χ0n) is 10.7. The number of anilines is 1. The van der Waals surface area contributed by atoms with Crippen LogP contribution in [0, 0.1) is 5.92 Å². The summed E-state index contributed by atoms with van der Waals surface area (Å²) in [5.74, 6) is 0.757. The van der Waals surface area contributed by atoms with Gasteiger partial charge in [-0.3, -0.25) is 0 Å². The van der Waals surface area contributed by atoms with Crippen LogP contribution in [-0.4, -0.2) is 17.3 Å². The number of rotatable bonds is 4. The molecule has 1 aromatic carbocycles. The van der Waals surface area contributed by atoms with E-state index in [-0.39, 0.29) is 12.1 Å². The molecule has 1 aromatic rings. The number of benzene rings is 1. The van der Waals surface area contributed by atoms with Gasteiger partial charge in [-0.05, 0) is 30.9 Å². The number of aliphatic hydroxyl groups is 1. The maximum atomic E-state index is 9.75. The summed E-state index contributed by atoms with van der Waals surface area (Å²) in [6.45, 7) is 2.49. The lowest BCUT2D eigenvalue weighted by Crippen LogP contribution is -2.46. The second-order valence-electron chi connectivity index (χ2n) is 5.30. The number of para-hydroxylation sites is 1. The minimum Gasteiger partial charge on any atom is -0.394 e. The third-order valence-corrected chi connectivity index (χ3v) is 4.01. The maximum Gasteiger partial charge on any atom is 0.0661 e. The molecule has 0 amide bonds. The van der Waals surface area contributed by atoms with E-state index in [2.05, 4.69) is 24.4 Å². The largest absolute Gasteiger partial charge is 0.394 e. The van der Waals surface area contributed by atoms with Crippen LogP contribution < -0.4 is 5.32 Å². The van der Waals surface area contributed by atoms with Crippen LogP contribution in [0.25, 0.3) is 0 Å². The van der Waals surface area contributed by atoms with Gasteiger partial charge in [0, 0.05) is 5.69 Å². The molecule has 0 bridgehead atoms. The Hall–Kier alpha value is -1.02. The van der Waals surface area contributed by atoms with Crippen molar-refractivity contribution in [2.24, 2.45) is 5.92 Å². The quantitative estimate of drug-likeness (QED) is 0.835. The molecule has 1 fully saturated rings. The van der Waals surface area contributed by atoms with Gasteiger partial charge in [0.15, 0.2) is 0 Å². The lowest BCUT2D eigenvalue weighted by Gasteiger charge is -2.41. The third-order valence-electron chi connectivity index (χ3n) is 4.01. The van der Waals surface area contributed by atoms with Gasteiger partial charge in [0.1, 0.15) is 0 Å². The molecular weight excluding hydrogens is 210 g/mol. The average molecular weight is 233 g/mol. The number of hydrogen-bond acceptors (Lipinski definition) is 2. The van der Waals surface area contributed by atoms with E-state index in [1.807, 2.05) is 18.2 Å². The highest BCUT2D eigenvalue weighted by Gasteiger charge is 2.35. The molecule has 0 heterocycles. The zero-order chi connectivity index (χ0) is 12.1. The predicted octanol–water partition coefficient (Wildman–Crippen LogP) is 3.43. The molecule has 0 spiro atoms. The normalized spacial score (nSPS) is 28.9. The number of nitrogens with one attached hydrogen (secondary N) is 1. The van der Waals surface area contributed by atoms with Crippen molar-refractivity contribution in [3.63, 3.8) is 0 Å². The molecule has 0 saturated heterocycles. The van der Waals surface area contributed by atoms with Crippen LogP contribution in [0.1, 0.15) is 39.0 Å². The molecule has 2 heteroatoms. The van der Waals surface area contributed by atoms with Crippen LogP contribution in [0.4, 0.5) is 5.69 Å². The Morgan fingerprint density at radius 3 is 2.76 bits per heavy atom. The lowest BCUT2D eigenvalue weighted by molar-refractivity contribution is 0.142. The SMILES string of the molecule is CCC1CCCC(CO)(Nc2ccccc2)C1. The summed E-state index contributed by atoms with van der Waals surface area (Å²) < 4.78 is 0. The molecule has 0 aromatic heterocycles. The van der Waals surface area contributed by atoms with Gasteiger partial charge in [-0.15, -0.1) is 0 Å². The van der Waals surface area contributed by atoms with E-state index in [0.717, 1.165) is 24.4 Å². The van der Waals surface area contributed by atoms with Crippen molar-refractivity contribution in [2.45, 2.75) is 44.6 Å².